The second-order valence-electron chi connectivity index (χ2n) is 4.34. The van der Waals surface area contributed by atoms with Crippen LogP contribution in [-0.4, -0.2) is 37.5 Å². The number of halogens is 1. The molecule has 0 saturated carbocycles. The van der Waals surface area contributed by atoms with E-state index in [1.807, 2.05) is 6.92 Å². The molecular weight excluding hydrogens is 269 g/mol. The highest BCUT2D eigenvalue weighted by Gasteiger charge is 2.26. The van der Waals surface area contributed by atoms with Gasteiger partial charge in [0.05, 0.1) is 11.5 Å². The molecule has 1 aromatic rings. The number of rotatable bonds is 7. The van der Waals surface area contributed by atoms with Crippen molar-refractivity contribution in [2.75, 3.05) is 19.7 Å². The summed E-state index contributed by atoms with van der Waals surface area (Å²) in [6, 6.07) is 4.01. The summed E-state index contributed by atoms with van der Waals surface area (Å²) in [5.74, 6) is -0.541. The minimum absolute atomic E-state index is 0.0261. The number of aliphatic hydroxyl groups is 1. The maximum absolute atomic E-state index is 13.5. The van der Waals surface area contributed by atoms with Gasteiger partial charge >= 0.3 is 0 Å². The largest absolute Gasteiger partial charge is 0.395 e. The molecule has 4 nitrogen and oxygen atoms in total. The van der Waals surface area contributed by atoms with Gasteiger partial charge in [0.25, 0.3) is 0 Å². The molecule has 6 heteroatoms. The van der Waals surface area contributed by atoms with Crippen molar-refractivity contribution < 1.29 is 17.9 Å². The Bertz CT molecular complexity index is 517. The lowest BCUT2D eigenvalue weighted by Gasteiger charge is -2.22. The van der Waals surface area contributed by atoms with Gasteiger partial charge in [-0.3, -0.25) is 0 Å². The third-order valence-corrected chi connectivity index (χ3v) is 4.99. The Kier molecular flexibility index (Phi) is 5.90. The monoisotopic (exact) mass is 289 g/mol. The predicted molar refractivity (Wildman–Crippen MR) is 71.9 cm³/mol. The molecule has 0 amide bonds. The van der Waals surface area contributed by atoms with Gasteiger partial charge in [0.2, 0.25) is 10.0 Å². The van der Waals surface area contributed by atoms with Crippen LogP contribution in [-0.2, 0) is 10.0 Å². The van der Waals surface area contributed by atoms with Crippen molar-refractivity contribution in [2.24, 2.45) is 0 Å². The first-order valence-corrected chi connectivity index (χ1v) is 7.75. The molecule has 0 heterocycles. The molecule has 0 unspecified atom stereocenters. The molecule has 0 aliphatic heterocycles. The Morgan fingerprint density at radius 3 is 2.58 bits per heavy atom. The lowest BCUT2D eigenvalue weighted by atomic mass is 10.2. The fraction of sp³-hybridized carbons (Fsp3) is 0.538. The zero-order valence-corrected chi connectivity index (χ0v) is 12.1. The average Bonchev–Trinajstić information content (AvgIpc) is 2.37. The second-order valence-corrected chi connectivity index (χ2v) is 6.25. The van der Waals surface area contributed by atoms with E-state index in [2.05, 4.69) is 0 Å². The van der Waals surface area contributed by atoms with Crippen molar-refractivity contribution in [3.8, 4) is 0 Å². The van der Waals surface area contributed by atoms with Gasteiger partial charge in [-0.1, -0.05) is 19.4 Å². The topological polar surface area (TPSA) is 57.6 Å². The Morgan fingerprint density at radius 2 is 2.00 bits per heavy atom. The summed E-state index contributed by atoms with van der Waals surface area (Å²) in [6.45, 7) is 3.50. The Balaban J connectivity index is 3.15. The molecule has 0 spiro atoms. The number of aliphatic hydroxyl groups excluding tert-OH is 1. The number of hydrogen-bond acceptors (Lipinski definition) is 3. The number of unbranched alkanes of at least 4 members (excludes halogenated alkanes) is 1. The Hall–Kier alpha value is -0.980. The van der Waals surface area contributed by atoms with E-state index in [-0.39, 0.29) is 23.6 Å². The van der Waals surface area contributed by atoms with Crippen molar-refractivity contribution in [2.45, 2.75) is 31.6 Å². The van der Waals surface area contributed by atoms with Gasteiger partial charge in [-0.2, -0.15) is 4.31 Å². The number of sulfonamides is 1. The molecule has 0 atom stereocenters. The first-order valence-electron chi connectivity index (χ1n) is 6.31. The maximum Gasteiger partial charge on any atom is 0.243 e. The van der Waals surface area contributed by atoms with Crippen molar-refractivity contribution in [3.63, 3.8) is 0 Å². The molecule has 0 bridgehead atoms. The molecular formula is C13H20FNO3S. The highest BCUT2D eigenvalue weighted by Crippen LogP contribution is 2.22. The highest BCUT2D eigenvalue weighted by molar-refractivity contribution is 7.89. The Labute approximate surface area is 113 Å². The van der Waals surface area contributed by atoms with Crippen LogP contribution in [0.2, 0.25) is 0 Å². The minimum Gasteiger partial charge on any atom is -0.395 e. The minimum atomic E-state index is -3.76. The average molecular weight is 289 g/mol. The van der Waals surface area contributed by atoms with Crippen LogP contribution in [0, 0.1) is 12.7 Å². The van der Waals surface area contributed by atoms with E-state index in [1.165, 1.54) is 29.4 Å². The summed E-state index contributed by atoms with van der Waals surface area (Å²) in [6.07, 6.45) is 1.55. The van der Waals surface area contributed by atoms with Gasteiger partial charge in [0, 0.05) is 18.7 Å². The molecule has 19 heavy (non-hydrogen) atoms. The molecule has 0 aliphatic carbocycles. The quantitative estimate of drug-likeness (QED) is 0.834. The summed E-state index contributed by atoms with van der Waals surface area (Å²) in [5, 5.41) is 8.99. The summed E-state index contributed by atoms with van der Waals surface area (Å²) in [5.41, 5.74) is 0.113. The summed E-state index contributed by atoms with van der Waals surface area (Å²) >= 11 is 0. The molecule has 1 rings (SSSR count). The van der Waals surface area contributed by atoms with E-state index in [9.17, 15) is 12.8 Å². The van der Waals surface area contributed by atoms with Gasteiger partial charge in [-0.05, 0) is 25.5 Å². The number of hydrogen-bond donors (Lipinski definition) is 1. The zero-order chi connectivity index (χ0) is 14.5. The van der Waals surface area contributed by atoms with Gasteiger partial charge in [-0.25, -0.2) is 12.8 Å². The van der Waals surface area contributed by atoms with Crippen molar-refractivity contribution >= 4 is 10.0 Å². The molecule has 0 fully saturated rings. The smallest absolute Gasteiger partial charge is 0.243 e. The van der Waals surface area contributed by atoms with E-state index < -0.39 is 15.8 Å². The van der Waals surface area contributed by atoms with Crippen LogP contribution in [0.25, 0.3) is 0 Å². The molecule has 1 aromatic carbocycles. The predicted octanol–water partition coefficient (Wildman–Crippen LogP) is 1.92. The lowest BCUT2D eigenvalue weighted by molar-refractivity contribution is 0.252. The van der Waals surface area contributed by atoms with Crippen molar-refractivity contribution in [3.05, 3.63) is 29.6 Å². The van der Waals surface area contributed by atoms with Crippen molar-refractivity contribution in [1.82, 2.24) is 4.31 Å². The van der Waals surface area contributed by atoms with Gasteiger partial charge in [0.1, 0.15) is 5.82 Å². The third-order valence-electron chi connectivity index (χ3n) is 2.95. The van der Waals surface area contributed by atoms with E-state index in [1.54, 1.807) is 0 Å². The van der Waals surface area contributed by atoms with E-state index in [4.69, 9.17) is 5.11 Å². The fourth-order valence-electron chi connectivity index (χ4n) is 1.80. The van der Waals surface area contributed by atoms with Crippen LogP contribution < -0.4 is 0 Å². The molecule has 0 aliphatic rings. The normalized spacial score (nSPS) is 12.1. The third kappa shape index (κ3) is 3.75. The van der Waals surface area contributed by atoms with Crippen LogP contribution in [0.4, 0.5) is 4.39 Å². The first kappa shape index (κ1) is 16.1. The van der Waals surface area contributed by atoms with Crippen LogP contribution in [0.5, 0.6) is 0 Å². The van der Waals surface area contributed by atoms with E-state index in [0.717, 1.165) is 6.42 Å². The van der Waals surface area contributed by atoms with Crippen LogP contribution in [0.1, 0.15) is 25.3 Å². The highest BCUT2D eigenvalue weighted by atomic mass is 32.2. The standard InChI is InChI=1S/C13H20FNO3S/c1-3-4-8-15(9-10-16)19(17,18)13-7-5-6-12(14)11(13)2/h5-7,16H,3-4,8-10H2,1-2H3. The second kappa shape index (κ2) is 6.98. The molecule has 1 N–H and O–H groups in total. The van der Waals surface area contributed by atoms with Crippen LogP contribution >= 0.6 is 0 Å². The van der Waals surface area contributed by atoms with Gasteiger partial charge < -0.3 is 5.11 Å². The number of benzene rings is 1. The molecule has 0 aromatic heterocycles. The SMILES string of the molecule is CCCCN(CCO)S(=O)(=O)c1cccc(F)c1C. The van der Waals surface area contributed by atoms with Crippen molar-refractivity contribution in [1.29, 1.82) is 0 Å². The van der Waals surface area contributed by atoms with E-state index in [0.29, 0.717) is 13.0 Å². The first-order chi connectivity index (χ1) is 8.95. The fourth-order valence-corrected chi connectivity index (χ4v) is 3.51. The van der Waals surface area contributed by atoms with Crippen LogP contribution in [0.15, 0.2) is 23.1 Å². The summed E-state index contributed by atoms with van der Waals surface area (Å²) < 4.78 is 39.6. The van der Waals surface area contributed by atoms with Crippen LogP contribution in [0.3, 0.4) is 0 Å². The van der Waals surface area contributed by atoms with Gasteiger partial charge in [-0.15, -0.1) is 0 Å². The van der Waals surface area contributed by atoms with Gasteiger partial charge in [0.15, 0.2) is 0 Å². The lowest BCUT2D eigenvalue weighted by Crippen LogP contribution is -2.35. The molecule has 0 radical (unpaired) electrons. The van der Waals surface area contributed by atoms with E-state index >= 15 is 0 Å². The maximum atomic E-state index is 13.5. The molecule has 0 saturated heterocycles. The summed E-state index contributed by atoms with van der Waals surface area (Å²) in [4.78, 5) is -0.0305. The number of nitrogens with zero attached hydrogens (tertiary/aromatic N) is 1. The molecule has 108 valence electrons. The zero-order valence-electron chi connectivity index (χ0n) is 11.3. The summed E-state index contributed by atoms with van der Waals surface area (Å²) in [7, 11) is -3.76. The Morgan fingerprint density at radius 1 is 1.32 bits per heavy atom.